The second-order valence-corrected chi connectivity index (χ2v) is 18.0. The van der Waals surface area contributed by atoms with E-state index in [0.29, 0.717) is 43.8 Å². The number of esters is 2. The topological polar surface area (TPSA) is 98.8 Å². The lowest BCUT2D eigenvalue weighted by Gasteiger charge is -2.37. The molecule has 5 rings (SSSR count). The van der Waals surface area contributed by atoms with Crippen LogP contribution in [-0.4, -0.2) is 77.5 Å². The lowest BCUT2D eigenvalue weighted by molar-refractivity contribution is -0.137. The monoisotopic (exact) mass is 893 g/mol. The van der Waals surface area contributed by atoms with E-state index in [9.17, 15) is 9.59 Å². The molecule has 65 heavy (non-hydrogen) atoms. The summed E-state index contributed by atoms with van der Waals surface area (Å²) in [5.74, 6) is 1.00. The van der Waals surface area contributed by atoms with Crippen molar-refractivity contribution in [2.45, 2.75) is 130 Å². The first-order valence-corrected chi connectivity index (χ1v) is 24.6. The molecule has 9 nitrogen and oxygen atoms in total. The van der Waals surface area contributed by atoms with Crippen LogP contribution < -0.4 is 9.47 Å². The van der Waals surface area contributed by atoms with Crippen molar-refractivity contribution >= 4 is 11.9 Å². The Morgan fingerprint density at radius 2 is 0.908 bits per heavy atom. The number of hydrogen-bond donors (Lipinski definition) is 0. The van der Waals surface area contributed by atoms with Gasteiger partial charge in [0.15, 0.2) is 0 Å². The van der Waals surface area contributed by atoms with Gasteiger partial charge in [0, 0.05) is 18.6 Å². The summed E-state index contributed by atoms with van der Waals surface area (Å²) in [7, 11) is 0. The van der Waals surface area contributed by atoms with Gasteiger partial charge in [0.05, 0.1) is 56.9 Å². The fraction of sp³-hybridized carbons (Fsp3) is 0.536. The predicted molar refractivity (Wildman–Crippen MR) is 260 cm³/mol. The minimum atomic E-state index is -0.390. The molecule has 0 amide bonds. The van der Waals surface area contributed by atoms with Crippen molar-refractivity contribution in [2.24, 2.45) is 5.41 Å². The van der Waals surface area contributed by atoms with Crippen molar-refractivity contribution < 1.29 is 42.7 Å². The molecule has 1 unspecified atom stereocenters. The number of hydrogen-bond acceptors (Lipinski definition) is 9. The van der Waals surface area contributed by atoms with Crippen LogP contribution in [0.25, 0.3) is 22.3 Å². The van der Waals surface area contributed by atoms with E-state index in [0.717, 1.165) is 98.9 Å². The molecule has 0 spiro atoms. The van der Waals surface area contributed by atoms with E-state index in [1.165, 1.54) is 57.8 Å². The maximum Gasteiger partial charge on any atom is 0.338 e. The van der Waals surface area contributed by atoms with Gasteiger partial charge in [-0.05, 0) is 116 Å². The molecule has 0 aliphatic carbocycles. The van der Waals surface area contributed by atoms with E-state index in [-0.39, 0.29) is 30.1 Å². The highest BCUT2D eigenvalue weighted by atomic mass is 16.6. The van der Waals surface area contributed by atoms with Crippen molar-refractivity contribution in [1.82, 2.24) is 0 Å². The molecule has 1 heterocycles. The zero-order valence-corrected chi connectivity index (χ0v) is 39.7. The third kappa shape index (κ3) is 19.7. The third-order valence-corrected chi connectivity index (χ3v) is 11.8. The Morgan fingerprint density at radius 3 is 1.37 bits per heavy atom. The molecule has 0 saturated carbocycles. The molecule has 4 aromatic rings. The van der Waals surface area contributed by atoms with Gasteiger partial charge in [-0.15, -0.1) is 0 Å². The van der Waals surface area contributed by atoms with Gasteiger partial charge in [-0.1, -0.05) is 127 Å². The summed E-state index contributed by atoms with van der Waals surface area (Å²) >= 11 is 0. The molecule has 1 saturated heterocycles. The summed E-state index contributed by atoms with van der Waals surface area (Å²) in [6.07, 6.45) is 18.6. The van der Waals surface area contributed by atoms with Gasteiger partial charge < -0.3 is 33.2 Å². The van der Waals surface area contributed by atoms with E-state index >= 15 is 0 Å². The number of carbonyl (C=O) groups excluding carboxylic acids is 2. The number of ether oxygens (including phenoxy) is 7. The van der Waals surface area contributed by atoms with E-state index < -0.39 is 0 Å². The molecule has 4 aromatic carbocycles. The summed E-state index contributed by atoms with van der Waals surface area (Å²) in [5, 5.41) is 0. The molecule has 1 fully saturated rings. The van der Waals surface area contributed by atoms with Crippen molar-refractivity contribution in [3.8, 4) is 33.8 Å². The quantitative estimate of drug-likeness (QED) is 0.0335. The Morgan fingerprint density at radius 1 is 0.508 bits per heavy atom. The van der Waals surface area contributed by atoms with Gasteiger partial charge in [0.25, 0.3) is 0 Å². The summed E-state index contributed by atoms with van der Waals surface area (Å²) in [4.78, 5) is 25.4. The first kappa shape index (κ1) is 51.3. The molecule has 354 valence electrons. The van der Waals surface area contributed by atoms with Crippen molar-refractivity contribution in [3.63, 3.8) is 0 Å². The number of carbonyl (C=O) groups is 2. The molecule has 0 radical (unpaired) electrons. The van der Waals surface area contributed by atoms with E-state index in [4.69, 9.17) is 33.2 Å². The predicted octanol–water partition coefficient (Wildman–Crippen LogP) is 13.5. The first-order valence-electron chi connectivity index (χ1n) is 24.6. The fourth-order valence-electron chi connectivity index (χ4n) is 7.63. The Kier molecular flexibility index (Phi) is 23.5. The second-order valence-electron chi connectivity index (χ2n) is 18.0. The van der Waals surface area contributed by atoms with Crippen LogP contribution in [0, 0.1) is 5.41 Å². The minimum absolute atomic E-state index is 0.147. The average molecular weight is 893 g/mol. The van der Waals surface area contributed by atoms with Crippen LogP contribution in [0.15, 0.2) is 97.1 Å². The molecule has 0 N–H and O–H groups in total. The lowest BCUT2D eigenvalue weighted by Crippen LogP contribution is -2.43. The number of unbranched alkanes of at least 4 members (excludes halogenated alkanes) is 13. The Bertz CT molecular complexity index is 1890. The molecule has 1 aliphatic rings. The molecular weight excluding hydrogens is 817 g/mol. The van der Waals surface area contributed by atoms with Gasteiger partial charge in [-0.3, -0.25) is 0 Å². The largest absolute Gasteiger partial charge is 0.494 e. The van der Waals surface area contributed by atoms with Gasteiger partial charge in [-0.2, -0.15) is 0 Å². The van der Waals surface area contributed by atoms with Crippen molar-refractivity contribution in [2.75, 3.05) is 59.5 Å². The van der Waals surface area contributed by atoms with Crippen LogP contribution in [0.1, 0.15) is 144 Å². The van der Waals surface area contributed by atoms with E-state index in [1.807, 2.05) is 67.6 Å². The van der Waals surface area contributed by atoms with Gasteiger partial charge >= 0.3 is 11.9 Å². The van der Waals surface area contributed by atoms with Crippen LogP contribution in [-0.2, 0) is 23.7 Å². The van der Waals surface area contributed by atoms with E-state index in [1.54, 1.807) is 24.3 Å². The minimum Gasteiger partial charge on any atom is -0.494 e. The Balaban J connectivity index is 0.858. The lowest BCUT2D eigenvalue weighted by atomic mass is 9.90. The summed E-state index contributed by atoms with van der Waals surface area (Å²) in [6.45, 7) is 11.9. The van der Waals surface area contributed by atoms with E-state index in [2.05, 4.69) is 26.0 Å². The standard InChI is InChI=1S/C56H76O9/c1-4-5-6-7-8-9-10-11-12-16-38-62-52-32-28-48(29-33-52)46-20-24-50(25-21-46)54(57)64-40-19-18-37-61-45(2)41-65-55(58)51-26-22-47(23-27-51)49-30-34-53(35-31-49)63-39-17-14-13-15-36-59-42-56(3)43-60-44-56/h20-35,45H,4-19,36-44H2,1-3H3. The van der Waals surface area contributed by atoms with Gasteiger partial charge in [-0.25, -0.2) is 9.59 Å². The fourth-order valence-corrected chi connectivity index (χ4v) is 7.63. The third-order valence-electron chi connectivity index (χ3n) is 11.8. The zero-order valence-electron chi connectivity index (χ0n) is 39.7. The maximum absolute atomic E-state index is 12.7. The summed E-state index contributed by atoms with van der Waals surface area (Å²) < 4.78 is 39.9. The summed E-state index contributed by atoms with van der Waals surface area (Å²) in [5.41, 5.74) is 5.37. The Labute approximate surface area is 389 Å². The SMILES string of the molecule is CCCCCCCCCCCCOc1ccc(-c2ccc(C(=O)OCCCCOC(C)COC(=O)c3ccc(-c4ccc(OCCCCCCOCC5(C)COC5)cc4)cc3)cc2)cc1. The normalized spacial score (nSPS) is 13.5. The Hall–Kier alpha value is -4.70. The molecule has 9 heteroatoms. The molecule has 0 aromatic heterocycles. The highest BCUT2D eigenvalue weighted by molar-refractivity contribution is 5.90. The molecule has 1 aliphatic heterocycles. The highest BCUT2D eigenvalue weighted by Crippen LogP contribution is 2.27. The summed E-state index contributed by atoms with van der Waals surface area (Å²) in [6, 6.07) is 31.1. The smallest absolute Gasteiger partial charge is 0.338 e. The van der Waals surface area contributed by atoms with Gasteiger partial charge in [0.1, 0.15) is 18.1 Å². The zero-order chi connectivity index (χ0) is 45.8. The van der Waals surface area contributed by atoms with Crippen molar-refractivity contribution in [1.29, 1.82) is 0 Å². The van der Waals surface area contributed by atoms with Gasteiger partial charge in [0.2, 0.25) is 0 Å². The second kappa shape index (κ2) is 29.8. The number of benzene rings is 4. The highest BCUT2D eigenvalue weighted by Gasteiger charge is 2.33. The van der Waals surface area contributed by atoms with Crippen molar-refractivity contribution in [3.05, 3.63) is 108 Å². The van der Waals surface area contributed by atoms with Crippen LogP contribution in [0.4, 0.5) is 0 Å². The van der Waals surface area contributed by atoms with Crippen LogP contribution in [0.5, 0.6) is 11.5 Å². The molecular formula is C56H76O9. The molecule has 0 bridgehead atoms. The van der Waals surface area contributed by atoms with Crippen LogP contribution >= 0.6 is 0 Å². The van der Waals surface area contributed by atoms with Crippen LogP contribution in [0.3, 0.4) is 0 Å². The number of rotatable bonds is 34. The molecule has 1 atom stereocenters. The van der Waals surface area contributed by atoms with Crippen LogP contribution in [0.2, 0.25) is 0 Å². The first-order chi connectivity index (χ1) is 31.8. The maximum atomic E-state index is 12.7. The average Bonchev–Trinajstić information content (AvgIpc) is 3.33.